The van der Waals surface area contributed by atoms with Gasteiger partial charge in [-0.25, -0.2) is 12.7 Å². The van der Waals surface area contributed by atoms with E-state index in [2.05, 4.69) is 5.32 Å². The van der Waals surface area contributed by atoms with E-state index >= 15 is 0 Å². The Bertz CT molecular complexity index is 537. The van der Waals surface area contributed by atoms with E-state index in [0.29, 0.717) is 25.3 Å². The van der Waals surface area contributed by atoms with Crippen molar-refractivity contribution in [3.63, 3.8) is 0 Å². The third-order valence-electron chi connectivity index (χ3n) is 2.70. The third kappa shape index (κ3) is 4.95. The lowest BCUT2D eigenvalue weighted by Gasteiger charge is -2.07. The van der Waals surface area contributed by atoms with Gasteiger partial charge in [0.05, 0.1) is 6.54 Å². The van der Waals surface area contributed by atoms with E-state index in [1.807, 2.05) is 0 Å². The first-order valence-corrected chi connectivity index (χ1v) is 7.78. The molecule has 0 aromatic carbocycles. The fourth-order valence-corrected chi connectivity index (χ4v) is 2.34. The summed E-state index contributed by atoms with van der Waals surface area (Å²) >= 11 is 0. The Labute approximate surface area is 119 Å². The smallest absolute Gasteiger partial charge is 0.275 e. The molecule has 1 heterocycles. The van der Waals surface area contributed by atoms with Gasteiger partial charge >= 0.3 is 0 Å². The fourth-order valence-electron chi connectivity index (χ4n) is 1.53. The molecule has 1 aromatic rings. The molecule has 0 saturated carbocycles. The van der Waals surface area contributed by atoms with Crippen LogP contribution >= 0.6 is 0 Å². The van der Waals surface area contributed by atoms with Gasteiger partial charge in [-0.1, -0.05) is 0 Å². The highest BCUT2D eigenvalue weighted by Crippen LogP contribution is 2.16. The molecule has 20 heavy (non-hydrogen) atoms. The summed E-state index contributed by atoms with van der Waals surface area (Å²) in [4.78, 5) is 10.5. The molecule has 0 aliphatic heterocycles. The zero-order valence-electron chi connectivity index (χ0n) is 11.8. The van der Waals surface area contributed by atoms with Crippen LogP contribution in [0.25, 0.3) is 0 Å². The van der Waals surface area contributed by atoms with Gasteiger partial charge in [0.1, 0.15) is 5.76 Å². The van der Waals surface area contributed by atoms with Crippen molar-refractivity contribution >= 4 is 15.9 Å². The van der Waals surface area contributed by atoms with E-state index in [1.165, 1.54) is 20.2 Å². The second-order valence-electron chi connectivity index (χ2n) is 4.61. The third-order valence-corrected chi connectivity index (χ3v) is 4.39. The molecule has 1 amide bonds. The SMILES string of the molecule is CN(C)S(=O)(=O)c1ccc(CNCCCCC(N)=O)o1. The number of furan rings is 1. The number of carbonyl (C=O) groups excluding carboxylic acids is 1. The highest BCUT2D eigenvalue weighted by molar-refractivity contribution is 7.88. The quantitative estimate of drug-likeness (QED) is 0.637. The molecule has 0 bridgehead atoms. The Morgan fingerprint density at radius 1 is 1.35 bits per heavy atom. The van der Waals surface area contributed by atoms with E-state index in [4.69, 9.17) is 10.2 Å². The Kier molecular flexibility index (Phi) is 6.18. The summed E-state index contributed by atoms with van der Waals surface area (Å²) < 4.78 is 30.0. The van der Waals surface area contributed by atoms with Crippen LogP contribution in [0.1, 0.15) is 25.0 Å². The van der Waals surface area contributed by atoms with Crippen molar-refractivity contribution in [1.82, 2.24) is 9.62 Å². The maximum absolute atomic E-state index is 11.8. The van der Waals surface area contributed by atoms with Crippen LogP contribution in [0.3, 0.4) is 0 Å². The molecule has 0 fully saturated rings. The van der Waals surface area contributed by atoms with E-state index in [0.717, 1.165) is 17.1 Å². The van der Waals surface area contributed by atoms with Crippen LogP contribution in [-0.2, 0) is 21.4 Å². The lowest BCUT2D eigenvalue weighted by molar-refractivity contribution is -0.118. The number of hydrogen-bond donors (Lipinski definition) is 2. The molecular formula is C12H21N3O4S. The summed E-state index contributed by atoms with van der Waals surface area (Å²) in [6, 6.07) is 3.08. The van der Waals surface area contributed by atoms with Crippen LogP contribution in [0.15, 0.2) is 21.6 Å². The van der Waals surface area contributed by atoms with Gasteiger partial charge in [0.15, 0.2) is 0 Å². The Balaban J connectivity index is 2.36. The van der Waals surface area contributed by atoms with Gasteiger partial charge in [0.25, 0.3) is 10.0 Å². The molecule has 0 aliphatic carbocycles. The first kappa shape index (κ1) is 16.7. The Hall–Kier alpha value is -1.38. The molecule has 0 spiro atoms. The van der Waals surface area contributed by atoms with Crippen molar-refractivity contribution < 1.29 is 17.6 Å². The second kappa shape index (κ2) is 7.41. The number of sulfonamides is 1. The predicted molar refractivity (Wildman–Crippen MR) is 74.3 cm³/mol. The van der Waals surface area contributed by atoms with Gasteiger partial charge in [0.2, 0.25) is 11.0 Å². The number of carbonyl (C=O) groups is 1. The molecule has 7 nitrogen and oxygen atoms in total. The van der Waals surface area contributed by atoms with Crippen molar-refractivity contribution in [3.8, 4) is 0 Å². The maximum Gasteiger partial charge on any atom is 0.275 e. The number of rotatable bonds is 9. The molecule has 114 valence electrons. The van der Waals surface area contributed by atoms with Crippen molar-refractivity contribution in [2.45, 2.75) is 30.9 Å². The molecule has 8 heteroatoms. The summed E-state index contributed by atoms with van der Waals surface area (Å²) in [5, 5.41) is 3.05. The zero-order chi connectivity index (χ0) is 15.2. The van der Waals surface area contributed by atoms with Crippen molar-refractivity contribution in [1.29, 1.82) is 0 Å². The van der Waals surface area contributed by atoms with Gasteiger partial charge in [0, 0.05) is 20.5 Å². The first-order chi connectivity index (χ1) is 9.34. The number of primary amides is 1. The summed E-state index contributed by atoms with van der Waals surface area (Å²) in [5.41, 5.74) is 5.03. The summed E-state index contributed by atoms with van der Waals surface area (Å²) in [6.45, 7) is 1.16. The average Bonchev–Trinajstić information content (AvgIpc) is 2.82. The molecule has 3 N–H and O–H groups in total. The number of hydrogen-bond acceptors (Lipinski definition) is 5. The molecule has 1 aromatic heterocycles. The normalized spacial score (nSPS) is 11.9. The van der Waals surface area contributed by atoms with Crippen molar-refractivity contribution in [2.75, 3.05) is 20.6 Å². The minimum Gasteiger partial charge on any atom is -0.447 e. The number of unbranched alkanes of at least 4 members (excludes halogenated alkanes) is 1. The summed E-state index contributed by atoms with van der Waals surface area (Å²) in [7, 11) is -0.612. The standard InChI is InChI=1S/C12H21N3O4S/c1-15(2)20(17,18)12-7-6-10(19-12)9-14-8-4-3-5-11(13)16/h6-7,14H,3-5,8-9H2,1-2H3,(H2,13,16). The van der Waals surface area contributed by atoms with E-state index in [-0.39, 0.29) is 11.0 Å². The first-order valence-electron chi connectivity index (χ1n) is 6.34. The number of nitrogens with one attached hydrogen (secondary N) is 1. The van der Waals surface area contributed by atoms with E-state index in [1.54, 1.807) is 6.07 Å². The lowest BCUT2D eigenvalue weighted by atomic mass is 10.2. The molecule has 0 aliphatic rings. The average molecular weight is 303 g/mol. The monoisotopic (exact) mass is 303 g/mol. The highest BCUT2D eigenvalue weighted by Gasteiger charge is 2.21. The highest BCUT2D eigenvalue weighted by atomic mass is 32.2. The minimum absolute atomic E-state index is 0.0620. The summed E-state index contributed by atoms with van der Waals surface area (Å²) in [5.74, 6) is 0.259. The van der Waals surface area contributed by atoms with Crippen LogP contribution in [0.4, 0.5) is 0 Å². The van der Waals surface area contributed by atoms with Gasteiger partial charge < -0.3 is 15.5 Å². The van der Waals surface area contributed by atoms with Crippen molar-refractivity contribution in [2.24, 2.45) is 5.73 Å². The molecule has 0 saturated heterocycles. The number of nitrogens with two attached hydrogens (primary N) is 1. The van der Waals surface area contributed by atoms with Crippen molar-refractivity contribution in [3.05, 3.63) is 17.9 Å². The minimum atomic E-state index is -3.52. The van der Waals surface area contributed by atoms with Gasteiger partial charge in [-0.15, -0.1) is 0 Å². The molecule has 0 unspecified atom stereocenters. The van der Waals surface area contributed by atoms with Crippen LogP contribution in [0, 0.1) is 0 Å². The lowest BCUT2D eigenvalue weighted by Crippen LogP contribution is -2.21. The Morgan fingerprint density at radius 2 is 2.05 bits per heavy atom. The number of amides is 1. The van der Waals surface area contributed by atoms with E-state index < -0.39 is 10.0 Å². The predicted octanol–water partition coefficient (Wildman–Crippen LogP) is 0.275. The molecular weight excluding hydrogens is 282 g/mol. The van der Waals surface area contributed by atoms with Gasteiger partial charge in [-0.05, 0) is 31.5 Å². The van der Waals surface area contributed by atoms with Gasteiger partial charge in [-0.3, -0.25) is 4.79 Å². The molecule has 0 radical (unpaired) electrons. The fraction of sp³-hybridized carbons (Fsp3) is 0.583. The largest absolute Gasteiger partial charge is 0.447 e. The molecule has 1 rings (SSSR count). The second-order valence-corrected chi connectivity index (χ2v) is 6.69. The van der Waals surface area contributed by atoms with Crippen LogP contribution in [-0.4, -0.2) is 39.3 Å². The molecule has 0 atom stereocenters. The van der Waals surface area contributed by atoms with Gasteiger partial charge in [-0.2, -0.15) is 0 Å². The number of nitrogens with zero attached hydrogens (tertiary/aromatic N) is 1. The topological polar surface area (TPSA) is 106 Å². The summed E-state index contributed by atoms with van der Waals surface area (Å²) in [6.07, 6.45) is 1.95. The Morgan fingerprint density at radius 3 is 2.65 bits per heavy atom. The van der Waals surface area contributed by atoms with Crippen LogP contribution < -0.4 is 11.1 Å². The van der Waals surface area contributed by atoms with E-state index in [9.17, 15) is 13.2 Å². The zero-order valence-corrected chi connectivity index (χ0v) is 12.6. The van der Waals surface area contributed by atoms with Crippen LogP contribution in [0.5, 0.6) is 0 Å². The van der Waals surface area contributed by atoms with Crippen LogP contribution in [0.2, 0.25) is 0 Å². The maximum atomic E-state index is 11.8.